The molecule has 4 aromatic rings. The van der Waals surface area contributed by atoms with Crippen molar-refractivity contribution >= 4 is 33.7 Å². The van der Waals surface area contributed by atoms with Crippen LogP contribution in [0.3, 0.4) is 0 Å². The summed E-state index contributed by atoms with van der Waals surface area (Å²) in [6, 6.07) is 14.4. The molecule has 0 amide bonds. The maximum Gasteiger partial charge on any atom is 0.222 e. The molecule has 0 spiro atoms. The molecule has 0 saturated carbocycles. The van der Waals surface area contributed by atoms with Crippen LogP contribution in [0.15, 0.2) is 42.5 Å². The highest BCUT2D eigenvalue weighted by atomic mass is 16.5. The normalized spacial score (nSPS) is 17.8. The number of nitrogen functional groups attached to an aromatic ring is 1. The highest BCUT2D eigenvalue weighted by Gasteiger charge is 2.25. The van der Waals surface area contributed by atoms with E-state index in [0.717, 1.165) is 64.0 Å². The molecule has 9 nitrogen and oxygen atoms in total. The van der Waals surface area contributed by atoms with Crippen molar-refractivity contribution in [2.45, 2.75) is 45.0 Å². The molecule has 2 aromatic carbocycles. The summed E-state index contributed by atoms with van der Waals surface area (Å²) in [7, 11) is 1.69. The summed E-state index contributed by atoms with van der Waals surface area (Å²) in [5, 5.41) is 18.0. The first kappa shape index (κ1) is 24.3. The molecule has 0 radical (unpaired) electrons. The summed E-state index contributed by atoms with van der Waals surface area (Å²) in [6.45, 7) is 5.07. The van der Waals surface area contributed by atoms with Crippen LogP contribution in [0.1, 0.15) is 30.9 Å². The van der Waals surface area contributed by atoms with E-state index in [0.29, 0.717) is 26.3 Å². The molecule has 2 atom stereocenters. The fourth-order valence-corrected chi connectivity index (χ4v) is 4.84. The van der Waals surface area contributed by atoms with Gasteiger partial charge in [-0.3, -0.25) is 0 Å². The number of nitrogens with two attached hydrogens (primary N) is 1. The van der Waals surface area contributed by atoms with Crippen LogP contribution in [-0.2, 0) is 17.8 Å². The van der Waals surface area contributed by atoms with E-state index in [1.54, 1.807) is 7.11 Å². The Balaban J connectivity index is 1.55. The minimum atomic E-state index is -0.480. The van der Waals surface area contributed by atoms with Crippen LogP contribution in [0.5, 0.6) is 5.75 Å². The van der Waals surface area contributed by atoms with Crippen molar-refractivity contribution in [1.29, 1.82) is 0 Å². The monoisotopic (exact) mass is 490 g/mol. The highest BCUT2D eigenvalue weighted by Crippen LogP contribution is 2.34. The lowest BCUT2D eigenvalue weighted by molar-refractivity contribution is 0.122. The van der Waals surface area contributed by atoms with Crippen LogP contribution in [0.25, 0.3) is 21.9 Å². The highest BCUT2D eigenvalue weighted by molar-refractivity contribution is 6.09. The van der Waals surface area contributed by atoms with Gasteiger partial charge in [0.15, 0.2) is 5.82 Å². The summed E-state index contributed by atoms with van der Waals surface area (Å²) in [5.41, 5.74) is 11.1. The van der Waals surface area contributed by atoms with Crippen molar-refractivity contribution in [3.8, 4) is 5.75 Å². The van der Waals surface area contributed by atoms with E-state index in [1.807, 2.05) is 24.3 Å². The van der Waals surface area contributed by atoms with Gasteiger partial charge in [0.25, 0.3) is 0 Å². The number of ether oxygens (including phenoxy) is 2. The lowest BCUT2D eigenvalue weighted by atomic mass is 10.1. The van der Waals surface area contributed by atoms with Crippen LogP contribution in [0, 0.1) is 0 Å². The average Bonchev–Trinajstić information content (AvgIpc) is 3.44. The maximum absolute atomic E-state index is 10.1. The zero-order valence-corrected chi connectivity index (χ0v) is 20.8. The molecule has 2 unspecified atom stereocenters. The molecule has 1 aliphatic heterocycles. The summed E-state index contributed by atoms with van der Waals surface area (Å²) >= 11 is 0. The predicted molar refractivity (Wildman–Crippen MR) is 142 cm³/mol. The van der Waals surface area contributed by atoms with Crippen LogP contribution >= 0.6 is 0 Å². The smallest absolute Gasteiger partial charge is 0.222 e. The van der Waals surface area contributed by atoms with Gasteiger partial charge in [0.05, 0.1) is 44.5 Å². The second-order valence-electron chi connectivity index (χ2n) is 9.25. The lowest BCUT2D eigenvalue weighted by Gasteiger charge is -2.17. The first-order valence-corrected chi connectivity index (χ1v) is 12.5. The number of nitrogens with one attached hydrogen (secondary N) is 2. The molecular formula is C27H34N6O3. The minimum absolute atomic E-state index is 0.0627. The largest absolute Gasteiger partial charge is 0.496 e. The van der Waals surface area contributed by atoms with E-state index in [-0.39, 0.29) is 12.0 Å². The van der Waals surface area contributed by atoms with Gasteiger partial charge in [0.2, 0.25) is 5.95 Å². The summed E-state index contributed by atoms with van der Waals surface area (Å²) < 4.78 is 13.3. The van der Waals surface area contributed by atoms with Gasteiger partial charge >= 0.3 is 0 Å². The topological polar surface area (TPSA) is 119 Å². The number of hydrogen-bond acceptors (Lipinski definition) is 8. The van der Waals surface area contributed by atoms with Crippen molar-refractivity contribution in [2.75, 3.05) is 37.9 Å². The first-order valence-electron chi connectivity index (χ1n) is 12.5. The predicted octanol–water partition coefficient (Wildman–Crippen LogP) is 3.28. The fraction of sp³-hybridized carbons (Fsp3) is 0.407. The number of unbranched alkanes of at least 4 members (excludes halogenated alkanes) is 1. The van der Waals surface area contributed by atoms with Gasteiger partial charge in [0.1, 0.15) is 16.8 Å². The SMILES string of the molecule is CCCCNc1nc(N)nc2c3ccccc3n(Cc3cc(CNC4COCC4O)ccc3OC)c12. The zero-order valence-electron chi connectivity index (χ0n) is 20.8. The number of methoxy groups -OCH3 is 1. The van der Waals surface area contributed by atoms with E-state index in [9.17, 15) is 5.11 Å². The quantitative estimate of drug-likeness (QED) is 0.250. The number of aliphatic hydroxyl groups is 1. The van der Waals surface area contributed by atoms with Crippen molar-refractivity contribution in [1.82, 2.24) is 19.9 Å². The van der Waals surface area contributed by atoms with Crippen molar-refractivity contribution in [2.24, 2.45) is 0 Å². The third-order valence-corrected chi connectivity index (χ3v) is 6.74. The van der Waals surface area contributed by atoms with Gasteiger partial charge < -0.3 is 35.5 Å². The number of aliphatic hydroxyl groups excluding tert-OH is 1. The Morgan fingerprint density at radius 2 is 2.06 bits per heavy atom. The van der Waals surface area contributed by atoms with Crippen molar-refractivity contribution in [3.63, 3.8) is 0 Å². The molecule has 36 heavy (non-hydrogen) atoms. The Hall–Kier alpha value is -3.40. The van der Waals surface area contributed by atoms with Gasteiger partial charge in [-0.15, -0.1) is 0 Å². The molecule has 0 aliphatic carbocycles. The first-order chi connectivity index (χ1) is 17.6. The third kappa shape index (κ3) is 4.82. The molecular weight excluding hydrogens is 456 g/mol. The number of anilines is 2. The molecule has 1 saturated heterocycles. The fourth-order valence-electron chi connectivity index (χ4n) is 4.84. The third-order valence-electron chi connectivity index (χ3n) is 6.74. The van der Waals surface area contributed by atoms with Crippen molar-refractivity contribution < 1.29 is 14.6 Å². The van der Waals surface area contributed by atoms with Crippen LogP contribution in [-0.4, -0.2) is 58.7 Å². The molecule has 0 bridgehead atoms. The van der Waals surface area contributed by atoms with Crippen LogP contribution in [0.4, 0.5) is 11.8 Å². The molecule has 9 heteroatoms. The molecule has 1 fully saturated rings. The number of para-hydroxylation sites is 1. The molecule has 1 aliphatic rings. The molecule has 2 aromatic heterocycles. The lowest BCUT2D eigenvalue weighted by Crippen LogP contribution is -2.38. The Morgan fingerprint density at radius 3 is 2.83 bits per heavy atom. The second-order valence-corrected chi connectivity index (χ2v) is 9.25. The van der Waals surface area contributed by atoms with Gasteiger partial charge in [-0.25, -0.2) is 4.98 Å². The number of hydrogen-bond donors (Lipinski definition) is 4. The number of aromatic nitrogens is 3. The van der Waals surface area contributed by atoms with E-state index in [2.05, 4.69) is 50.3 Å². The molecule has 190 valence electrons. The number of benzene rings is 2. The number of rotatable bonds is 10. The Kier molecular flexibility index (Phi) is 7.22. The number of fused-ring (bicyclic) bond motifs is 3. The standard InChI is InChI=1S/C27H34N6O3/c1-3-4-11-29-26-25-24(31-27(28)32-26)19-7-5-6-8-21(19)33(25)14-18-12-17(9-10-23(18)35-2)13-30-20-15-36-16-22(20)34/h5-10,12,20,22,30,34H,3-4,11,13-16H2,1-2H3,(H3,28,29,31,32). The Bertz CT molecular complexity index is 1350. The van der Waals surface area contributed by atoms with Crippen LogP contribution < -0.4 is 21.1 Å². The van der Waals surface area contributed by atoms with E-state index >= 15 is 0 Å². The Morgan fingerprint density at radius 1 is 1.19 bits per heavy atom. The van der Waals surface area contributed by atoms with Gasteiger partial charge in [0, 0.05) is 24.0 Å². The van der Waals surface area contributed by atoms with Crippen molar-refractivity contribution in [3.05, 3.63) is 53.6 Å². The summed E-state index contributed by atoms with van der Waals surface area (Å²) in [6.07, 6.45) is 1.64. The zero-order chi connectivity index (χ0) is 25.1. The van der Waals surface area contributed by atoms with Gasteiger partial charge in [-0.2, -0.15) is 4.98 Å². The van der Waals surface area contributed by atoms with Gasteiger partial charge in [-0.05, 0) is 30.2 Å². The van der Waals surface area contributed by atoms with Crippen LogP contribution in [0.2, 0.25) is 0 Å². The Labute approximate surface area is 210 Å². The summed E-state index contributed by atoms with van der Waals surface area (Å²) in [4.78, 5) is 9.19. The number of nitrogens with zero attached hydrogens (tertiary/aromatic N) is 3. The average molecular weight is 491 g/mol. The van der Waals surface area contributed by atoms with Gasteiger partial charge in [-0.1, -0.05) is 37.6 Å². The summed E-state index contributed by atoms with van der Waals surface area (Å²) in [5.74, 6) is 1.81. The van der Waals surface area contributed by atoms with E-state index in [4.69, 9.17) is 15.2 Å². The molecule has 3 heterocycles. The second kappa shape index (κ2) is 10.7. The minimum Gasteiger partial charge on any atom is -0.496 e. The molecule has 5 N–H and O–H groups in total. The molecule has 5 rings (SSSR count). The maximum atomic E-state index is 10.1. The van der Waals surface area contributed by atoms with E-state index in [1.165, 1.54) is 0 Å². The van der Waals surface area contributed by atoms with E-state index < -0.39 is 6.10 Å².